The number of anilines is 1. The molecule has 0 aliphatic heterocycles. The molecule has 0 fully saturated rings. The highest BCUT2D eigenvalue weighted by Gasteiger charge is 2.27. The van der Waals surface area contributed by atoms with Gasteiger partial charge in [0.05, 0.1) is 18.4 Å². The van der Waals surface area contributed by atoms with E-state index in [0.29, 0.717) is 5.75 Å². The lowest BCUT2D eigenvalue weighted by Crippen LogP contribution is -2.43. The standard InChI is InChI=1S/C17H18F3N3O3/c1-25-15-13(26-9-11-5-3-2-4-6-11)8-7-12(14(15)21)16(24)23-22-10-17(18,19)20/h2-8,22H,9-10,21H2,1H3,(H,23,24). The molecular formula is C17H18F3N3O3. The van der Waals surface area contributed by atoms with Crippen molar-refractivity contribution >= 4 is 11.6 Å². The third kappa shape index (κ3) is 5.28. The van der Waals surface area contributed by atoms with Crippen LogP contribution in [0.5, 0.6) is 11.5 Å². The number of nitrogens with one attached hydrogen (secondary N) is 2. The molecule has 0 unspecified atom stereocenters. The Balaban J connectivity index is 2.09. The van der Waals surface area contributed by atoms with Crippen LogP contribution in [0.2, 0.25) is 0 Å². The third-order valence-corrected chi connectivity index (χ3v) is 3.34. The van der Waals surface area contributed by atoms with Gasteiger partial charge >= 0.3 is 6.18 Å². The molecule has 0 spiro atoms. The highest BCUT2D eigenvalue weighted by Crippen LogP contribution is 2.36. The predicted octanol–water partition coefficient (Wildman–Crippen LogP) is 2.65. The van der Waals surface area contributed by atoms with E-state index in [1.54, 1.807) is 5.43 Å². The summed E-state index contributed by atoms with van der Waals surface area (Å²) < 4.78 is 47.2. The molecule has 26 heavy (non-hydrogen) atoms. The van der Waals surface area contributed by atoms with Crippen LogP contribution in [0, 0.1) is 0 Å². The van der Waals surface area contributed by atoms with Gasteiger partial charge in [0, 0.05) is 0 Å². The van der Waals surface area contributed by atoms with Gasteiger partial charge in [0.2, 0.25) is 0 Å². The molecular weight excluding hydrogens is 351 g/mol. The summed E-state index contributed by atoms with van der Waals surface area (Å²) in [5.74, 6) is -0.377. The average molecular weight is 369 g/mol. The van der Waals surface area contributed by atoms with Crippen molar-refractivity contribution in [1.29, 1.82) is 0 Å². The minimum atomic E-state index is -4.45. The zero-order valence-electron chi connectivity index (χ0n) is 13.9. The first-order valence-corrected chi connectivity index (χ1v) is 7.55. The van der Waals surface area contributed by atoms with E-state index in [1.807, 2.05) is 35.8 Å². The third-order valence-electron chi connectivity index (χ3n) is 3.34. The van der Waals surface area contributed by atoms with Gasteiger partial charge < -0.3 is 15.2 Å². The topological polar surface area (TPSA) is 85.6 Å². The first-order valence-electron chi connectivity index (χ1n) is 7.55. The van der Waals surface area contributed by atoms with E-state index in [-0.39, 0.29) is 23.6 Å². The van der Waals surface area contributed by atoms with Gasteiger partial charge in [-0.15, -0.1) is 0 Å². The zero-order chi connectivity index (χ0) is 19.2. The van der Waals surface area contributed by atoms with Crippen LogP contribution in [0.4, 0.5) is 18.9 Å². The van der Waals surface area contributed by atoms with Gasteiger partial charge in [-0.3, -0.25) is 10.2 Å². The fourth-order valence-corrected chi connectivity index (χ4v) is 2.13. The molecule has 0 bridgehead atoms. The van der Waals surface area contributed by atoms with Gasteiger partial charge in [0.1, 0.15) is 13.2 Å². The Morgan fingerprint density at radius 2 is 1.85 bits per heavy atom. The Kier molecular flexibility index (Phi) is 6.29. The number of ether oxygens (including phenoxy) is 2. The van der Waals surface area contributed by atoms with Gasteiger partial charge in [-0.1, -0.05) is 30.3 Å². The molecule has 0 heterocycles. The summed E-state index contributed by atoms with van der Waals surface area (Å²) in [6.45, 7) is -1.11. The van der Waals surface area contributed by atoms with E-state index < -0.39 is 18.6 Å². The van der Waals surface area contributed by atoms with Crippen molar-refractivity contribution in [3.05, 3.63) is 53.6 Å². The smallest absolute Gasteiger partial charge is 0.402 e. The highest BCUT2D eigenvalue weighted by molar-refractivity contribution is 6.00. The summed E-state index contributed by atoms with van der Waals surface area (Å²) in [6, 6.07) is 12.2. The number of benzene rings is 2. The number of halogens is 3. The Bertz CT molecular complexity index is 752. The first-order chi connectivity index (χ1) is 12.3. The van der Waals surface area contributed by atoms with Crippen molar-refractivity contribution in [2.24, 2.45) is 0 Å². The van der Waals surface area contributed by atoms with Gasteiger partial charge in [-0.05, 0) is 17.7 Å². The minimum absolute atomic E-state index is 0.0376. The van der Waals surface area contributed by atoms with E-state index in [0.717, 1.165) is 5.56 Å². The first kappa shape index (κ1) is 19.4. The number of hydrazine groups is 1. The van der Waals surface area contributed by atoms with Crippen molar-refractivity contribution < 1.29 is 27.4 Å². The Morgan fingerprint density at radius 3 is 2.46 bits per heavy atom. The molecule has 2 rings (SSSR count). The van der Waals surface area contributed by atoms with Gasteiger partial charge in [0.25, 0.3) is 5.91 Å². The van der Waals surface area contributed by atoms with Crippen LogP contribution in [-0.4, -0.2) is 25.7 Å². The van der Waals surface area contributed by atoms with Crippen molar-refractivity contribution in [2.45, 2.75) is 12.8 Å². The number of nitrogens with two attached hydrogens (primary N) is 1. The van der Waals surface area contributed by atoms with Crippen LogP contribution in [0.15, 0.2) is 42.5 Å². The predicted molar refractivity (Wildman–Crippen MR) is 89.7 cm³/mol. The van der Waals surface area contributed by atoms with E-state index in [9.17, 15) is 18.0 Å². The number of hydrogen-bond donors (Lipinski definition) is 3. The molecule has 0 atom stereocenters. The monoisotopic (exact) mass is 369 g/mol. The lowest BCUT2D eigenvalue weighted by molar-refractivity contribution is -0.126. The van der Waals surface area contributed by atoms with Crippen LogP contribution in [0.3, 0.4) is 0 Å². The summed E-state index contributed by atoms with van der Waals surface area (Å²) in [5, 5.41) is 0. The van der Waals surface area contributed by atoms with E-state index in [1.165, 1.54) is 19.2 Å². The maximum absolute atomic E-state index is 12.1. The van der Waals surface area contributed by atoms with E-state index in [2.05, 4.69) is 0 Å². The molecule has 0 saturated heterocycles. The minimum Gasteiger partial charge on any atom is -0.491 e. The van der Waals surface area contributed by atoms with Crippen molar-refractivity contribution in [3.63, 3.8) is 0 Å². The number of carbonyl (C=O) groups excluding carboxylic acids is 1. The van der Waals surface area contributed by atoms with Crippen LogP contribution < -0.4 is 26.1 Å². The molecule has 0 aromatic heterocycles. The molecule has 0 aliphatic carbocycles. The van der Waals surface area contributed by atoms with Gasteiger partial charge in [-0.2, -0.15) is 13.2 Å². The maximum Gasteiger partial charge on any atom is 0.402 e. The molecule has 0 aliphatic rings. The normalized spacial score (nSPS) is 11.1. The van der Waals surface area contributed by atoms with E-state index >= 15 is 0 Å². The summed E-state index contributed by atoms with van der Waals surface area (Å²) in [6.07, 6.45) is -4.45. The van der Waals surface area contributed by atoms with Crippen LogP contribution in [0.25, 0.3) is 0 Å². The second-order valence-corrected chi connectivity index (χ2v) is 5.26. The molecule has 9 heteroatoms. The molecule has 0 saturated carbocycles. The number of rotatable bonds is 7. The average Bonchev–Trinajstić information content (AvgIpc) is 2.59. The SMILES string of the molecule is COc1c(OCc2ccccc2)ccc(C(=O)NNCC(F)(F)F)c1N. The second kappa shape index (κ2) is 8.43. The molecule has 2 aromatic rings. The summed E-state index contributed by atoms with van der Waals surface area (Å²) in [5.41, 5.74) is 10.5. The van der Waals surface area contributed by atoms with Gasteiger partial charge in [-0.25, -0.2) is 5.43 Å². The summed E-state index contributed by atoms with van der Waals surface area (Å²) in [4.78, 5) is 12.0. The Morgan fingerprint density at radius 1 is 1.15 bits per heavy atom. The molecule has 1 amide bonds. The lowest BCUT2D eigenvalue weighted by atomic mass is 10.1. The Labute approximate surface area is 148 Å². The number of methoxy groups -OCH3 is 1. The van der Waals surface area contributed by atoms with Crippen molar-refractivity contribution in [1.82, 2.24) is 10.9 Å². The number of amides is 1. The Hall–Kier alpha value is -2.94. The molecule has 140 valence electrons. The number of hydrogen-bond acceptors (Lipinski definition) is 5. The quantitative estimate of drug-likeness (QED) is 0.516. The zero-order valence-corrected chi connectivity index (χ0v) is 13.9. The lowest BCUT2D eigenvalue weighted by Gasteiger charge is -2.16. The fraction of sp³-hybridized carbons (Fsp3) is 0.235. The molecule has 6 nitrogen and oxygen atoms in total. The summed E-state index contributed by atoms with van der Waals surface area (Å²) in [7, 11) is 1.35. The van der Waals surface area contributed by atoms with Crippen molar-refractivity contribution in [3.8, 4) is 11.5 Å². The van der Waals surface area contributed by atoms with Crippen LogP contribution in [-0.2, 0) is 6.61 Å². The molecule has 4 N–H and O–H groups in total. The van der Waals surface area contributed by atoms with Crippen molar-refractivity contribution in [2.75, 3.05) is 19.4 Å². The van der Waals surface area contributed by atoms with Crippen LogP contribution in [0.1, 0.15) is 15.9 Å². The number of alkyl halides is 3. The largest absolute Gasteiger partial charge is 0.491 e. The van der Waals surface area contributed by atoms with Gasteiger partial charge in [0.15, 0.2) is 11.5 Å². The highest BCUT2D eigenvalue weighted by atomic mass is 19.4. The van der Waals surface area contributed by atoms with E-state index in [4.69, 9.17) is 15.2 Å². The maximum atomic E-state index is 12.1. The summed E-state index contributed by atoms with van der Waals surface area (Å²) >= 11 is 0. The number of nitrogen functional groups attached to an aromatic ring is 1. The number of carbonyl (C=O) groups is 1. The fourth-order valence-electron chi connectivity index (χ4n) is 2.13. The second-order valence-electron chi connectivity index (χ2n) is 5.26. The molecule has 0 radical (unpaired) electrons. The van der Waals surface area contributed by atoms with Crippen LogP contribution >= 0.6 is 0 Å². The molecule has 2 aromatic carbocycles.